The summed E-state index contributed by atoms with van der Waals surface area (Å²) in [6, 6.07) is 17.9. The van der Waals surface area contributed by atoms with Crippen LogP contribution in [0.4, 0.5) is 5.13 Å². The van der Waals surface area contributed by atoms with Crippen molar-refractivity contribution >= 4 is 22.4 Å². The third-order valence-electron chi connectivity index (χ3n) is 4.48. The number of methoxy groups -OCH3 is 2. The minimum absolute atomic E-state index is 0.0496. The Morgan fingerprint density at radius 2 is 1.62 bits per heavy atom. The lowest BCUT2D eigenvalue weighted by atomic mass is 10.2. The Kier molecular flexibility index (Phi) is 7.13. The third kappa shape index (κ3) is 5.56. The summed E-state index contributed by atoms with van der Waals surface area (Å²) in [5.41, 5.74) is 0.652. The van der Waals surface area contributed by atoms with Crippen molar-refractivity contribution in [2.24, 2.45) is 0 Å². The van der Waals surface area contributed by atoms with Crippen molar-refractivity contribution in [3.8, 4) is 39.8 Å². The molecule has 0 spiro atoms. The zero-order chi connectivity index (χ0) is 23.9. The Balaban J connectivity index is 1.49. The smallest absolute Gasteiger partial charge is 0.328 e. The van der Waals surface area contributed by atoms with Crippen LogP contribution < -0.4 is 24.3 Å². The van der Waals surface area contributed by atoms with Crippen molar-refractivity contribution in [1.82, 2.24) is 20.2 Å². The van der Waals surface area contributed by atoms with Crippen LogP contribution in [0.25, 0.3) is 10.6 Å². The van der Waals surface area contributed by atoms with Gasteiger partial charge in [0.25, 0.3) is 5.91 Å². The topological polar surface area (TPSA) is 118 Å². The number of para-hydroxylation sites is 2. The van der Waals surface area contributed by atoms with E-state index in [0.717, 1.165) is 0 Å². The maximum atomic E-state index is 12.5. The minimum Gasteiger partial charge on any atom is -0.481 e. The molecule has 2 aromatic heterocycles. The van der Waals surface area contributed by atoms with E-state index in [0.29, 0.717) is 39.0 Å². The van der Waals surface area contributed by atoms with Crippen molar-refractivity contribution in [3.63, 3.8) is 0 Å². The van der Waals surface area contributed by atoms with Crippen molar-refractivity contribution < 1.29 is 23.7 Å². The molecule has 1 atom stereocenters. The highest BCUT2D eigenvalue weighted by Crippen LogP contribution is 2.36. The first-order chi connectivity index (χ1) is 16.6. The molecule has 174 valence electrons. The number of benzene rings is 2. The van der Waals surface area contributed by atoms with E-state index in [-0.39, 0.29) is 11.9 Å². The molecule has 2 aromatic carbocycles. The number of carbonyl (C=O) groups is 1. The van der Waals surface area contributed by atoms with Gasteiger partial charge in [0.05, 0.1) is 25.8 Å². The van der Waals surface area contributed by atoms with Crippen LogP contribution in [0.2, 0.25) is 0 Å². The van der Waals surface area contributed by atoms with Gasteiger partial charge >= 0.3 is 6.01 Å². The van der Waals surface area contributed by atoms with E-state index in [1.807, 2.05) is 36.4 Å². The lowest BCUT2D eigenvalue weighted by Gasteiger charge is -2.13. The number of nitrogens with zero attached hydrogens (tertiary/aromatic N) is 4. The van der Waals surface area contributed by atoms with Crippen LogP contribution in [0.15, 0.2) is 60.7 Å². The lowest BCUT2D eigenvalue weighted by molar-refractivity contribution is -0.122. The Morgan fingerprint density at radius 1 is 0.941 bits per heavy atom. The number of ether oxygens (including phenoxy) is 4. The first-order valence-corrected chi connectivity index (χ1v) is 11.0. The van der Waals surface area contributed by atoms with Crippen LogP contribution in [-0.4, -0.2) is 46.4 Å². The minimum atomic E-state index is -0.717. The highest BCUT2D eigenvalue weighted by molar-refractivity contribution is 7.18. The maximum Gasteiger partial charge on any atom is 0.328 e. The van der Waals surface area contributed by atoms with Gasteiger partial charge < -0.3 is 18.9 Å². The molecule has 0 aliphatic heterocycles. The van der Waals surface area contributed by atoms with E-state index >= 15 is 0 Å². The highest BCUT2D eigenvalue weighted by Gasteiger charge is 2.19. The summed E-state index contributed by atoms with van der Waals surface area (Å²) in [5, 5.41) is 11.9. The predicted molar refractivity (Wildman–Crippen MR) is 126 cm³/mol. The molecule has 0 fully saturated rings. The van der Waals surface area contributed by atoms with Crippen molar-refractivity contribution in [2.45, 2.75) is 13.0 Å². The Bertz CT molecular complexity index is 1250. The molecular weight excluding hydrogens is 458 g/mol. The largest absolute Gasteiger partial charge is 0.481 e. The fourth-order valence-electron chi connectivity index (χ4n) is 2.82. The van der Waals surface area contributed by atoms with Gasteiger partial charge in [-0.15, -0.1) is 10.2 Å². The highest BCUT2D eigenvalue weighted by atomic mass is 32.1. The Labute approximate surface area is 199 Å². The first-order valence-electron chi connectivity index (χ1n) is 10.2. The second kappa shape index (κ2) is 10.6. The van der Waals surface area contributed by atoms with E-state index in [4.69, 9.17) is 18.9 Å². The first kappa shape index (κ1) is 22.9. The number of amides is 1. The molecular formula is C23H21N5O5S. The molecule has 4 rings (SSSR count). The van der Waals surface area contributed by atoms with Gasteiger partial charge in [-0.2, -0.15) is 9.97 Å². The number of nitrogens with one attached hydrogen (secondary N) is 1. The van der Waals surface area contributed by atoms with Crippen molar-refractivity contribution in [2.75, 3.05) is 19.5 Å². The molecule has 10 nitrogen and oxygen atoms in total. The van der Waals surface area contributed by atoms with Crippen LogP contribution in [0.1, 0.15) is 6.92 Å². The van der Waals surface area contributed by atoms with Crippen molar-refractivity contribution in [1.29, 1.82) is 0 Å². The zero-order valence-corrected chi connectivity index (χ0v) is 19.4. The summed E-state index contributed by atoms with van der Waals surface area (Å²) in [5.74, 6) is 1.31. The summed E-state index contributed by atoms with van der Waals surface area (Å²) < 4.78 is 21.9. The molecule has 0 aliphatic carbocycles. The molecule has 2 heterocycles. The van der Waals surface area contributed by atoms with E-state index < -0.39 is 6.10 Å². The van der Waals surface area contributed by atoms with E-state index in [1.165, 1.54) is 25.6 Å². The van der Waals surface area contributed by atoms with Gasteiger partial charge in [-0.1, -0.05) is 41.7 Å². The van der Waals surface area contributed by atoms with Gasteiger partial charge in [0.1, 0.15) is 11.5 Å². The Hall–Kier alpha value is -4.25. The number of aromatic nitrogens is 4. The van der Waals surface area contributed by atoms with E-state index in [9.17, 15) is 4.79 Å². The second-order valence-electron chi connectivity index (χ2n) is 6.81. The summed E-state index contributed by atoms with van der Waals surface area (Å²) in [6.45, 7) is 1.66. The second-order valence-corrected chi connectivity index (χ2v) is 7.79. The zero-order valence-electron chi connectivity index (χ0n) is 18.6. The molecule has 11 heteroatoms. The molecule has 1 N–H and O–H groups in total. The number of carbonyl (C=O) groups excluding carboxylic acids is 1. The average Bonchev–Trinajstić information content (AvgIpc) is 3.32. The number of rotatable bonds is 9. The van der Waals surface area contributed by atoms with E-state index in [1.54, 1.807) is 31.2 Å². The molecule has 0 bridgehead atoms. The van der Waals surface area contributed by atoms with Gasteiger partial charge in [0.2, 0.25) is 16.9 Å². The van der Waals surface area contributed by atoms with Gasteiger partial charge in [0, 0.05) is 0 Å². The van der Waals surface area contributed by atoms with Crippen LogP contribution in [0, 0.1) is 0 Å². The predicted octanol–water partition coefficient (Wildman–Crippen LogP) is 4.21. The molecule has 1 unspecified atom stereocenters. The fourth-order valence-corrected chi connectivity index (χ4v) is 3.59. The van der Waals surface area contributed by atoms with Gasteiger partial charge in [-0.25, -0.2) is 0 Å². The summed E-state index contributed by atoms with van der Waals surface area (Å²) in [4.78, 5) is 20.9. The van der Waals surface area contributed by atoms with Gasteiger partial charge in [-0.05, 0) is 31.2 Å². The summed E-state index contributed by atoms with van der Waals surface area (Å²) in [7, 11) is 2.98. The molecule has 34 heavy (non-hydrogen) atoms. The van der Waals surface area contributed by atoms with Gasteiger partial charge in [-0.3, -0.25) is 10.1 Å². The molecule has 0 saturated carbocycles. The quantitative estimate of drug-likeness (QED) is 0.377. The van der Waals surface area contributed by atoms with Crippen LogP contribution in [0.3, 0.4) is 0 Å². The average molecular weight is 480 g/mol. The number of anilines is 1. The normalized spacial score (nSPS) is 11.4. The third-order valence-corrected chi connectivity index (χ3v) is 5.35. The molecule has 0 aliphatic rings. The summed E-state index contributed by atoms with van der Waals surface area (Å²) >= 11 is 1.20. The molecule has 4 aromatic rings. The molecule has 1 amide bonds. The number of hydrogen-bond donors (Lipinski definition) is 1. The maximum absolute atomic E-state index is 12.5. The molecule has 0 radical (unpaired) electrons. The fraction of sp³-hybridized carbons (Fsp3) is 0.174. The number of hydrogen-bond acceptors (Lipinski definition) is 10. The van der Waals surface area contributed by atoms with Gasteiger partial charge in [0.15, 0.2) is 11.1 Å². The van der Waals surface area contributed by atoms with Crippen molar-refractivity contribution in [3.05, 3.63) is 60.7 Å². The standard InChI is InChI=1S/C23H21N5O5S/c1-14(32-15-9-5-4-6-10-15)20(29)26-23-28-27-21(34-23)16-11-7-8-12-17(16)33-22-24-18(30-2)13-19(25-22)31-3/h4-14H,1-3H3,(H,26,28,29). The summed E-state index contributed by atoms with van der Waals surface area (Å²) in [6.07, 6.45) is -0.717. The van der Waals surface area contributed by atoms with Crippen LogP contribution in [0.5, 0.6) is 29.3 Å². The van der Waals surface area contributed by atoms with Crippen LogP contribution >= 0.6 is 11.3 Å². The monoisotopic (exact) mass is 479 g/mol. The Morgan fingerprint density at radius 3 is 2.32 bits per heavy atom. The SMILES string of the molecule is COc1cc(OC)nc(Oc2ccccc2-c2nnc(NC(=O)C(C)Oc3ccccc3)s2)n1. The van der Waals surface area contributed by atoms with Crippen LogP contribution in [-0.2, 0) is 4.79 Å². The molecule has 0 saturated heterocycles. The lowest BCUT2D eigenvalue weighted by Crippen LogP contribution is -2.30. The van der Waals surface area contributed by atoms with E-state index in [2.05, 4.69) is 25.5 Å².